The van der Waals surface area contributed by atoms with Crippen LogP contribution in [0.3, 0.4) is 0 Å². The van der Waals surface area contributed by atoms with Crippen LogP contribution in [-0.4, -0.2) is 34.4 Å². The Balaban J connectivity index is 1.30. The van der Waals surface area contributed by atoms with Gasteiger partial charge in [0.2, 0.25) is 5.88 Å². The van der Waals surface area contributed by atoms with E-state index in [1.807, 2.05) is 0 Å². The molecule has 116 valence electrons. The number of fused-ring (bicyclic) bond motifs is 2. The molecular formula is C18H23N3O. The lowest BCUT2D eigenvalue weighted by Gasteiger charge is -2.28. The van der Waals surface area contributed by atoms with Gasteiger partial charge in [-0.1, -0.05) is 24.3 Å². The van der Waals surface area contributed by atoms with Crippen molar-refractivity contribution in [1.82, 2.24) is 14.7 Å². The summed E-state index contributed by atoms with van der Waals surface area (Å²) in [4.78, 5) is 2.47. The Morgan fingerprint density at radius 2 is 1.95 bits per heavy atom. The maximum atomic E-state index is 5.88. The second-order valence-corrected chi connectivity index (χ2v) is 6.30. The monoisotopic (exact) mass is 297 g/mol. The van der Waals surface area contributed by atoms with E-state index in [4.69, 9.17) is 4.74 Å². The average molecular weight is 297 g/mol. The molecule has 4 heteroatoms. The van der Waals surface area contributed by atoms with Crippen LogP contribution in [0, 0.1) is 0 Å². The second-order valence-electron chi connectivity index (χ2n) is 6.30. The van der Waals surface area contributed by atoms with E-state index in [-0.39, 0.29) is 0 Å². The van der Waals surface area contributed by atoms with Gasteiger partial charge in [-0.25, -0.2) is 0 Å². The first-order valence-electron chi connectivity index (χ1n) is 8.37. The summed E-state index contributed by atoms with van der Waals surface area (Å²) in [6.07, 6.45) is 4.80. The number of rotatable bonds is 4. The first-order chi connectivity index (χ1) is 10.9. The summed E-state index contributed by atoms with van der Waals surface area (Å²) in [5, 5.41) is 4.55. The summed E-state index contributed by atoms with van der Waals surface area (Å²) < 4.78 is 7.98. The Morgan fingerprint density at radius 3 is 2.86 bits per heavy atom. The molecule has 0 saturated heterocycles. The van der Waals surface area contributed by atoms with E-state index >= 15 is 0 Å². The molecule has 22 heavy (non-hydrogen) atoms. The van der Waals surface area contributed by atoms with Gasteiger partial charge in [0, 0.05) is 37.9 Å². The van der Waals surface area contributed by atoms with Gasteiger partial charge in [-0.05, 0) is 36.8 Å². The fourth-order valence-electron chi connectivity index (χ4n) is 3.49. The molecule has 0 bridgehead atoms. The predicted octanol–water partition coefficient (Wildman–Crippen LogP) is 2.66. The van der Waals surface area contributed by atoms with Crippen LogP contribution in [0.1, 0.15) is 29.7 Å². The van der Waals surface area contributed by atoms with Crippen LogP contribution in [0.2, 0.25) is 0 Å². The predicted molar refractivity (Wildman–Crippen MR) is 86.1 cm³/mol. The Kier molecular flexibility index (Phi) is 3.85. The molecule has 2 aliphatic rings. The molecule has 0 unspecified atom stereocenters. The minimum atomic E-state index is 0.721. The highest BCUT2D eigenvalue weighted by molar-refractivity contribution is 5.29. The number of hydrogen-bond acceptors (Lipinski definition) is 3. The quantitative estimate of drug-likeness (QED) is 0.869. The van der Waals surface area contributed by atoms with E-state index in [0.717, 1.165) is 51.5 Å². The Labute approximate surface area is 131 Å². The smallest absolute Gasteiger partial charge is 0.233 e. The number of hydrogen-bond donors (Lipinski definition) is 0. The van der Waals surface area contributed by atoms with Crippen LogP contribution >= 0.6 is 0 Å². The molecule has 1 aromatic carbocycles. The van der Waals surface area contributed by atoms with Gasteiger partial charge < -0.3 is 4.74 Å². The number of benzene rings is 1. The minimum Gasteiger partial charge on any atom is -0.475 e. The van der Waals surface area contributed by atoms with Crippen LogP contribution < -0.4 is 4.74 Å². The van der Waals surface area contributed by atoms with Crippen molar-refractivity contribution >= 4 is 0 Å². The number of ether oxygens (including phenoxy) is 1. The Morgan fingerprint density at radius 1 is 1.05 bits per heavy atom. The molecule has 0 radical (unpaired) electrons. The van der Waals surface area contributed by atoms with Crippen LogP contribution in [0.5, 0.6) is 5.88 Å². The molecule has 0 fully saturated rings. The van der Waals surface area contributed by atoms with Crippen LogP contribution in [0.25, 0.3) is 0 Å². The lowest BCUT2D eigenvalue weighted by atomic mass is 10.0. The first-order valence-corrected chi connectivity index (χ1v) is 8.37. The maximum absolute atomic E-state index is 5.88. The summed E-state index contributed by atoms with van der Waals surface area (Å²) >= 11 is 0. The molecule has 0 saturated carbocycles. The number of aromatic nitrogens is 2. The Hall–Kier alpha value is -1.81. The molecular weight excluding hydrogens is 274 g/mol. The van der Waals surface area contributed by atoms with Crippen molar-refractivity contribution < 1.29 is 4.74 Å². The van der Waals surface area contributed by atoms with Crippen molar-refractivity contribution in [2.45, 2.75) is 38.8 Å². The second kappa shape index (κ2) is 6.13. The van der Waals surface area contributed by atoms with Crippen molar-refractivity contribution in [1.29, 1.82) is 0 Å². The summed E-state index contributed by atoms with van der Waals surface area (Å²) in [6, 6.07) is 10.9. The van der Waals surface area contributed by atoms with Gasteiger partial charge >= 0.3 is 0 Å². The largest absolute Gasteiger partial charge is 0.475 e. The van der Waals surface area contributed by atoms with Gasteiger partial charge in [0.05, 0.1) is 0 Å². The molecule has 0 aliphatic carbocycles. The van der Waals surface area contributed by atoms with Gasteiger partial charge in [-0.15, -0.1) is 5.10 Å². The topological polar surface area (TPSA) is 30.3 Å². The van der Waals surface area contributed by atoms with Gasteiger partial charge in [-0.3, -0.25) is 9.58 Å². The van der Waals surface area contributed by atoms with E-state index < -0.39 is 0 Å². The van der Waals surface area contributed by atoms with Crippen molar-refractivity contribution in [2.75, 3.05) is 19.7 Å². The summed E-state index contributed by atoms with van der Waals surface area (Å²) in [5.74, 6) is 0.800. The van der Waals surface area contributed by atoms with Gasteiger partial charge in [0.15, 0.2) is 0 Å². The summed E-state index contributed by atoms with van der Waals surface area (Å²) in [7, 11) is 0. The molecule has 4 rings (SSSR count). The fourth-order valence-corrected chi connectivity index (χ4v) is 3.49. The zero-order valence-electron chi connectivity index (χ0n) is 13.0. The van der Waals surface area contributed by atoms with Gasteiger partial charge in [0.1, 0.15) is 6.61 Å². The third-order valence-corrected chi connectivity index (χ3v) is 4.76. The average Bonchev–Trinajstić information content (AvgIpc) is 2.97. The van der Waals surface area contributed by atoms with E-state index in [2.05, 4.69) is 45.0 Å². The SMILES string of the molecule is c1ccc2c(c1)CCN(CCOc1cc3n(n1)CCCC3)C2. The zero-order chi connectivity index (χ0) is 14.8. The van der Waals surface area contributed by atoms with Crippen LogP contribution in [0.15, 0.2) is 30.3 Å². The highest BCUT2D eigenvalue weighted by atomic mass is 16.5. The van der Waals surface area contributed by atoms with Crippen molar-refractivity contribution in [3.8, 4) is 5.88 Å². The van der Waals surface area contributed by atoms with E-state index in [9.17, 15) is 0 Å². The third-order valence-electron chi connectivity index (χ3n) is 4.76. The number of aryl methyl sites for hydroxylation is 2. The normalized spacial score (nSPS) is 17.8. The maximum Gasteiger partial charge on any atom is 0.233 e. The van der Waals surface area contributed by atoms with Crippen molar-refractivity contribution in [3.63, 3.8) is 0 Å². The highest BCUT2D eigenvalue weighted by Gasteiger charge is 2.16. The van der Waals surface area contributed by atoms with Crippen molar-refractivity contribution in [3.05, 3.63) is 47.2 Å². The molecule has 1 aromatic heterocycles. The lowest BCUT2D eigenvalue weighted by molar-refractivity contribution is 0.192. The third kappa shape index (κ3) is 2.88. The number of nitrogens with zero attached hydrogens (tertiary/aromatic N) is 3. The molecule has 0 spiro atoms. The minimum absolute atomic E-state index is 0.721. The van der Waals surface area contributed by atoms with E-state index in [1.165, 1.54) is 29.7 Å². The zero-order valence-corrected chi connectivity index (χ0v) is 13.0. The molecule has 0 amide bonds. The molecule has 2 aromatic rings. The van der Waals surface area contributed by atoms with E-state index in [0.29, 0.717) is 0 Å². The van der Waals surface area contributed by atoms with Crippen LogP contribution in [0.4, 0.5) is 0 Å². The highest BCUT2D eigenvalue weighted by Crippen LogP contribution is 2.20. The first kappa shape index (κ1) is 13.8. The Bertz CT molecular complexity index is 626. The summed E-state index contributed by atoms with van der Waals surface area (Å²) in [5.41, 5.74) is 4.29. The molecule has 0 N–H and O–H groups in total. The molecule has 2 aliphatic heterocycles. The molecule has 0 atom stereocenters. The van der Waals surface area contributed by atoms with Gasteiger partial charge in [-0.2, -0.15) is 0 Å². The standard InChI is InChI=1S/C18H23N3O/c1-2-6-16-14-20(10-8-15(16)5-1)11-12-22-18-13-17-7-3-4-9-21(17)19-18/h1-2,5-6,13H,3-4,7-12,14H2. The van der Waals surface area contributed by atoms with Crippen molar-refractivity contribution in [2.24, 2.45) is 0 Å². The van der Waals surface area contributed by atoms with E-state index in [1.54, 1.807) is 0 Å². The van der Waals surface area contributed by atoms with Crippen LogP contribution in [-0.2, 0) is 25.9 Å². The van der Waals surface area contributed by atoms with Gasteiger partial charge in [0.25, 0.3) is 0 Å². The lowest BCUT2D eigenvalue weighted by Crippen LogP contribution is -2.33. The molecule has 4 nitrogen and oxygen atoms in total. The molecule has 3 heterocycles. The summed E-state index contributed by atoms with van der Waals surface area (Å²) in [6.45, 7) is 4.90. The fraction of sp³-hybridized carbons (Fsp3) is 0.500.